The monoisotopic (exact) mass is 222 g/mol. The zero-order valence-electron chi connectivity index (χ0n) is 9.13. The van der Waals surface area contributed by atoms with E-state index in [2.05, 4.69) is 17.1 Å². The fourth-order valence-corrected chi connectivity index (χ4v) is 2.80. The lowest BCUT2D eigenvalue weighted by atomic mass is 9.81. The lowest BCUT2D eigenvalue weighted by Crippen LogP contribution is -2.39. The Bertz CT molecular complexity index is 614. The molecule has 17 heavy (non-hydrogen) atoms. The fourth-order valence-electron chi connectivity index (χ4n) is 2.80. The Hall–Kier alpha value is -2.16. The van der Waals surface area contributed by atoms with Crippen LogP contribution < -0.4 is 0 Å². The third-order valence-electron chi connectivity index (χ3n) is 3.57. The summed E-state index contributed by atoms with van der Waals surface area (Å²) < 4.78 is 0. The van der Waals surface area contributed by atoms with Crippen LogP contribution in [0, 0.1) is 5.92 Å². The van der Waals surface area contributed by atoms with Crippen molar-refractivity contribution >= 4 is 12.1 Å². The van der Waals surface area contributed by atoms with Gasteiger partial charge in [-0.3, -0.25) is 14.7 Å². The molecule has 0 saturated heterocycles. The van der Waals surface area contributed by atoms with E-state index >= 15 is 0 Å². The summed E-state index contributed by atoms with van der Waals surface area (Å²) in [7, 11) is 0. The van der Waals surface area contributed by atoms with Gasteiger partial charge in [0.2, 0.25) is 5.91 Å². The van der Waals surface area contributed by atoms with Crippen LogP contribution in [0.1, 0.15) is 6.42 Å². The molecule has 0 aromatic rings. The van der Waals surface area contributed by atoms with E-state index in [9.17, 15) is 4.79 Å². The van der Waals surface area contributed by atoms with Gasteiger partial charge < -0.3 is 0 Å². The Kier molecular flexibility index (Phi) is 1.55. The summed E-state index contributed by atoms with van der Waals surface area (Å²) in [4.78, 5) is 18.2. The minimum absolute atomic E-state index is 0.105. The first kappa shape index (κ1) is 8.93. The van der Waals surface area contributed by atoms with E-state index in [1.807, 2.05) is 24.6 Å². The van der Waals surface area contributed by atoms with Crippen molar-refractivity contribution < 1.29 is 4.79 Å². The van der Waals surface area contributed by atoms with Gasteiger partial charge in [-0.2, -0.15) is 0 Å². The molecule has 1 aliphatic carbocycles. The van der Waals surface area contributed by atoms with E-state index in [1.54, 1.807) is 11.1 Å². The van der Waals surface area contributed by atoms with Gasteiger partial charge in [-0.15, -0.1) is 0 Å². The van der Waals surface area contributed by atoms with Gasteiger partial charge in [0.25, 0.3) is 0 Å². The Labute approximate surface area is 98.8 Å². The highest BCUT2D eigenvalue weighted by Gasteiger charge is 2.39. The molecule has 0 aromatic heterocycles. The van der Waals surface area contributed by atoms with Crippen LogP contribution >= 0.6 is 0 Å². The predicted octanol–water partition coefficient (Wildman–Crippen LogP) is 2.08. The number of fused-ring (bicyclic) bond motifs is 2. The molecule has 0 fully saturated rings. The maximum Gasteiger partial charge on any atom is 0.244 e. The molecule has 0 radical (unpaired) electrons. The first-order valence-electron chi connectivity index (χ1n) is 5.71. The van der Waals surface area contributed by atoms with Crippen LogP contribution in [-0.4, -0.2) is 17.0 Å². The topological polar surface area (TPSA) is 32.7 Å². The minimum Gasteiger partial charge on any atom is -0.286 e. The van der Waals surface area contributed by atoms with Gasteiger partial charge >= 0.3 is 0 Å². The highest BCUT2D eigenvalue weighted by Crippen LogP contribution is 2.42. The largest absolute Gasteiger partial charge is 0.286 e. The minimum atomic E-state index is -0.177. The fraction of sp³-hybridized carbons (Fsp3) is 0.143. The van der Waals surface area contributed by atoms with Crippen molar-refractivity contribution in [2.24, 2.45) is 10.9 Å². The number of aliphatic imine (C=N–C) groups is 1. The van der Waals surface area contributed by atoms with Crippen LogP contribution in [0.25, 0.3) is 0 Å². The lowest BCUT2D eigenvalue weighted by Gasteiger charge is -2.36. The summed E-state index contributed by atoms with van der Waals surface area (Å²) in [5.74, 6) is -0.0716. The molecule has 3 nitrogen and oxygen atoms in total. The van der Waals surface area contributed by atoms with E-state index in [0.29, 0.717) is 0 Å². The van der Waals surface area contributed by atoms with Crippen molar-refractivity contribution in [3.8, 4) is 0 Å². The van der Waals surface area contributed by atoms with Gasteiger partial charge in [0.05, 0.1) is 5.70 Å². The molecule has 1 atom stereocenters. The second kappa shape index (κ2) is 2.94. The van der Waals surface area contributed by atoms with Crippen molar-refractivity contribution in [3.05, 3.63) is 59.1 Å². The van der Waals surface area contributed by atoms with E-state index < -0.39 is 0 Å². The Morgan fingerprint density at radius 2 is 2.35 bits per heavy atom. The highest BCUT2D eigenvalue weighted by molar-refractivity contribution is 6.03. The van der Waals surface area contributed by atoms with Crippen LogP contribution in [0.15, 0.2) is 64.1 Å². The molecule has 4 aliphatic rings. The molecule has 4 rings (SSSR count). The molecule has 3 aliphatic heterocycles. The summed E-state index contributed by atoms with van der Waals surface area (Å²) in [6, 6.07) is 0. The first-order chi connectivity index (χ1) is 8.36. The maximum atomic E-state index is 12.3. The Morgan fingerprint density at radius 1 is 1.41 bits per heavy atom. The van der Waals surface area contributed by atoms with Crippen LogP contribution in [0.3, 0.4) is 0 Å². The number of allylic oxidation sites excluding steroid dienone is 5. The van der Waals surface area contributed by atoms with E-state index in [1.165, 1.54) is 5.57 Å². The SMILES string of the molecule is O=C1C2C=NC=C2C2=C3C(=CC=CN13)C=CC2. The quantitative estimate of drug-likeness (QED) is 0.617. The lowest BCUT2D eigenvalue weighted by molar-refractivity contribution is -0.128. The normalized spacial score (nSPS) is 28.1. The molecule has 82 valence electrons. The number of nitrogens with zero attached hydrogens (tertiary/aromatic N) is 2. The number of hydrogen-bond donors (Lipinski definition) is 0. The molecule has 3 heterocycles. The number of amides is 1. The molecular formula is C14H10N2O. The maximum absolute atomic E-state index is 12.3. The number of rotatable bonds is 0. The average molecular weight is 222 g/mol. The second-order valence-corrected chi connectivity index (χ2v) is 4.47. The Morgan fingerprint density at radius 3 is 3.29 bits per heavy atom. The van der Waals surface area contributed by atoms with Gasteiger partial charge in [0, 0.05) is 18.6 Å². The molecule has 0 N–H and O–H groups in total. The van der Waals surface area contributed by atoms with Crippen LogP contribution in [0.2, 0.25) is 0 Å². The zero-order chi connectivity index (χ0) is 11.4. The summed E-state index contributed by atoms with van der Waals surface area (Å²) >= 11 is 0. The summed E-state index contributed by atoms with van der Waals surface area (Å²) in [5.41, 5.74) is 4.48. The van der Waals surface area contributed by atoms with Gasteiger partial charge in [0.15, 0.2) is 0 Å². The van der Waals surface area contributed by atoms with Crippen molar-refractivity contribution in [2.45, 2.75) is 6.42 Å². The molecule has 0 spiro atoms. The molecule has 1 amide bonds. The van der Waals surface area contributed by atoms with E-state index in [4.69, 9.17) is 0 Å². The van der Waals surface area contributed by atoms with E-state index in [0.717, 1.165) is 23.3 Å². The van der Waals surface area contributed by atoms with Crippen molar-refractivity contribution in [3.63, 3.8) is 0 Å². The molecule has 0 aromatic carbocycles. The van der Waals surface area contributed by atoms with Crippen LogP contribution in [0.5, 0.6) is 0 Å². The average Bonchev–Trinajstić information content (AvgIpc) is 2.85. The molecule has 1 unspecified atom stereocenters. The van der Waals surface area contributed by atoms with Gasteiger partial charge in [0.1, 0.15) is 5.92 Å². The predicted molar refractivity (Wildman–Crippen MR) is 64.9 cm³/mol. The number of hydrogen-bond acceptors (Lipinski definition) is 2. The summed E-state index contributed by atoms with van der Waals surface area (Å²) in [6.07, 6.45) is 14.5. The van der Waals surface area contributed by atoms with E-state index in [-0.39, 0.29) is 11.8 Å². The molecule has 0 bridgehead atoms. The Balaban J connectivity index is 2.00. The van der Waals surface area contributed by atoms with Crippen LogP contribution in [-0.2, 0) is 4.79 Å². The summed E-state index contributed by atoms with van der Waals surface area (Å²) in [5, 5.41) is 0. The zero-order valence-corrected chi connectivity index (χ0v) is 9.13. The number of carbonyl (C=O) groups excluding carboxylic acids is 1. The highest BCUT2D eigenvalue weighted by atomic mass is 16.2. The molecule has 0 saturated carbocycles. The number of carbonyl (C=O) groups is 1. The smallest absolute Gasteiger partial charge is 0.244 e. The second-order valence-electron chi connectivity index (χ2n) is 4.47. The summed E-state index contributed by atoms with van der Waals surface area (Å²) in [6.45, 7) is 0. The third-order valence-corrected chi connectivity index (χ3v) is 3.57. The van der Waals surface area contributed by atoms with Gasteiger partial charge in [-0.25, -0.2) is 0 Å². The standard InChI is InChI=1S/C14H10N2O/c17-14-12-8-15-7-11(12)10-5-1-3-9-4-2-6-16(14)13(9)10/h1-4,6-8,12H,5H2. The van der Waals surface area contributed by atoms with Crippen molar-refractivity contribution in [2.75, 3.05) is 0 Å². The third kappa shape index (κ3) is 1.01. The molecular weight excluding hydrogens is 212 g/mol. The van der Waals surface area contributed by atoms with Crippen molar-refractivity contribution in [1.29, 1.82) is 0 Å². The molecule has 3 heteroatoms. The van der Waals surface area contributed by atoms with Gasteiger partial charge in [-0.05, 0) is 29.2 Å². The van der Waals surface area contributed by atoms with Crippen molar-refractivity contribution in [1.82, 2.24) is 4.90 Å². The van der Waals surface area contributed by atoms with Gasteiger partial charge in [-0.1, -0.05) is 18.2 Å². The van der Waals surface area contributed by atoms with Crippen LogP contribution in [0.4, 0.5) is 0 Å². The first-order valence-corrected chi connectivity index (χ1v) is 5.71.